The van der Waals surface area contributed by atoms with Gasteiger partial charge in [-0.1, -0.05) is 100 Å². The molecule has 0 heterocycles. The van der Waals surface area contributed by atoms with E-state index in [4.69, 9.17) is 46.4 Å². The molecule has 4 heteroatoms. The normalized spacial score (nSPS) is 11.8. The van der Waals surface area contributed by atoms with Gasteiger partial charge in [-0.2, -0.15) is 0 Å². The Balaban J connectivity index is 0.000000280. The first-order chi connectivity index (χ1) is 12.8. The van der Waals surface area contributed by atoms with Crippen LogP contribution in [-0.2, 0) is 12.8 Å². The third-order valence-corrected chi connectivity index (χ3v) is 5.63. The van der Waals surface area contributed by atoms with Crippen molar-refractivity contribution in [1.29, 1.82) is 0 Å². The summed E-state index contributed by atoms with van der Waals surface area (Å²) in [6.07, 6.45) is 4.36. The molecular formula is C24H32Cl4. The minimum absolute atomic E-state index is 0.350. The molecule has 0 unspecified atom stereocenters. The second-order valence-electron chi connectivity index (χ2n) is 9.61. The van der Waals surface area contributed by atoms with Gasteiger partial charge in [0.15, 0.2) is 0 Å². The van der Waals surface area contributed by atoms with Gasteiger partial charge < -0.3 is 0 Å². The molecule has 0 aliphatic heterocycles. The summed E-state index contributed by atoms with van der Waals surface area (Å²) in [5, 5.41) is 2.76. The van der Waals surface area contributed by atoms with Crippen molar-refractivity contribution in [1.82, 2.24) is 0 Å². The van der Waals surface area contributed by atoms with Crippen LogP contribution in [0.3, 0.4) is 0 Å². The lowest BCUT2D eigenvalue weighted by Gasteiger charge is -2.18. The molecule has 2 aromatic carbocycles. The van der Waals surface area contributed by atoms with Gasteiger partial charge in [-0.15, -0.1) is 0 Å². The van der Waals surface area contributed by atoms with Crippen LogP contribution in [0, 0.1) is 10.8 Å². The maximum atomic E-state index is 6.07. The number of aryl methyl sites for hydroxylation is 2. The Morgan fingerprint density at radius 1 is 0.607 bits per heavy atom. The van der Waals surface area contributed by atoms with Crippen molar-refractivity contribution < 1.29 is 0 Å². The number of halogens is 4. The summed E-state index contributed by atoms with van der Waals surface area (Å²) in [6.45, 7) is 13.4. The van der Waals surface area contributed by atoms with E-state index in [1.165, 1.54) is 11.1 Å². The third kappa shape index (κ3) is 11.0. The highest BCUT2D eigenvalue weighted by atomic mass is 35.5. The smallest absolute Gasteiger partial charge is 0.0595 e. The van der Waals surface area contributed by atoms with E-state index in [2.05, 4.69) is 41.5 Å². The van der Waals surface area contributed by atoms with Crippen molar-refractivity contribution >= 4 is 46.4 Å². The van der Waals surface area contributed by atoms with Crippen LogP contribution < -0.4 is 0 Å². The number of benzene rings is 2. The van der Waals surface area contributed by atoms with Crippen LogP contribution in [0.1, 0.15) is 65.5 Å². The van der Waals surface area contributed by atoms with Crippen LogP contribution in [0.25, 0.3) is 0 Å². The van der Waals surface area contributed by atoms with E-state index in [1.54, 1.807) is 6.07 Å². The molecule has 0 amide bonds. The highest BCUT2D eigenvalue weighted by molar-refractivity contribution is 6.42. The fourth-order valence-electron chi connectivity index (χ4n) is 2.45. The molecule has 0 aliphatic carbocycles. The van der Waals surface area contributed by atoms with E-state index in [0.717, 1.165) is 30.7 Å². The largest absolute Gasteiger partial charge is 0.0843 e. The Kier molecular flexibility index (Phi) is 10.2. The quantitative estimate of drug-likeness (QED) is 0.424. The maximum Gasteiger partial charge on any atom is 0.0595 e. The summed E-state index contributed by atoms with van der Waals surface area (Å²) in [7, 11) is 0. The summed E-state index contributed by atoms with van der Waals surface area (Å²) >= 11 is 23.7. The average Bonchev–Trinajstić information content (AvgIpc) is 2.54. The highest BCUT2D eigenvalue weighted by Gasteiger charge is 2.12. The average molecular weight is 462 g/mol. The van der Waals surface area contributed by atoms with Crippen LogP contribution in [0.2, 0.25) is 20.1 Å². The van der Waals surface area contributed by atoms with Gasteiger partial charge in [0.25, 0.3) is 0 Å². The molecule has 0 bridgehead atoms. The van der Waals surface area contributed by atoms with Crippen molar-refractivity contribution in [3.8, 4) is 0 Å². The zero-order chi connectivity index (χ0) is 21.5. The van der Waals surface area contributed by atoms with Gasteiger partial charge in [-0.3, -0.25) is 0 Å². The van der Waals surface area contributed by atoms with E-state index in [9.17, 15) is 0 Å². The molecule has 0 N–H and O–H groups in total. The maximum absolute atomic E-state index is 6.07. The Hall–Kier alpha value is -0.400. The molecule has 0 nitrogen and oxygen atoms in total. The van der Waals surface area contributed by atoms with Crippen LogP contribution in [-0.4, -0.2) is 0 Å². The Morgan fingerprint density at radius 3 is 1.68 bits per heavy atom. The molecular weight excluding hydrogens is 430 g/mol. The van der Waals surface area contributed by atoms with Crippen molar-refractivity contribution in [2.45, 2.75) is 67.2 Å². The Labute approximate surface area is 191 Å². The molecule has 2 aromatic rings. The van der Waals surface area contributed by atoms with Gasteiger partial charge in [0, 0.05) is 10.0 Å². The van der Waals surface area contributed by atoms with Gasteiger partial charge >= 0.3 is 0 Å². The summed E-state index contributed by atoms with van der Waals surface area (Å²) in [5.41, 5.74) is 3.16. The summed E-state index contributed by atoms with van der Waals surface area (Å²) in [6, 6.07) is 11.6. The van der Waals surface area contributed by atoms with E-state index < -0.39 is 0 Å². The van der Waals surface area contributed by atoms with Gasteiger partial charge in [-0.25, -0.2) is 0 Å². The lowest BCUT2D eigenvalue weighted by atomic mass is 9.89. The second-order valence-corrected chi connectivity index (χ2v) is 11.3. The molecule has 0 aliphatic rings. The first kappa shape index (κ1) is 25.6. The minimum Gasteiger partial charge on any atom is -0.0843 e. The fourth-order valence-corrected chi connectivity index (χ4v) is 3.27. The first-order valence-corrected chi connectivity index (χ1v) is 11.2. The lowest BCUT2D eigenvalue weighted by molar-refractivity contribution is 0.378. The molecule has 0 atom stereocenters. The molecule has 0 fully saturated rings. The van der Waals surface area contributed by atoms with Crippen molar-refractivity contribution in [2.75, 3.05) is 0 Å². The fraction of sp³-hybridized carbons (Fsp3) is 0.500. The highest BCUT2D eigenvalue weighted by Crippen LogP contribution is 2.27. The zero-order valence-electron chi connectivity index (χ0n) is 17.8. The van der Waals surface area contributed by atoms with Crippen LogP contribution >= 0.6 is 46.4 Å². The van der Waals surface area contributed by atoms with Crippen LogP contribution in [0.15, 0.2) is 36.4 Å². The number of hydrogen-bond donors (Lipinski definition) is 0. The van der Waals surface area contributed by atoms with Gasteiger partial charge in [-0.05, 0) is 71.9 Å². The third-order valence-electron chi connectivity index (χ3n) is 4.31. The first-order valence-electron chi connectivity index (χ1n) is 9.65. The van der Waals surface area contributed by atoms with E-state index in [1.807, 2.05) is 30.3 Å². The molecule has 0 spiro atoms. The molecule has 0 saturated carbocycles. The molecule has 0 radical (unpaired) electrons. The van der Waals surface area contributed by atoms with E-state index >= 15 is 0 Å². The Morgan fingerprint density at radius 2 is 1.18 bits per heavy atom. The molecule has 156 valence electrons. The van der Waals surface area contributed by atoms with Crippen molar-refractivity contribution in [3.05, 3.63) is 67.6 Å². The van der Waals surface area contributed by atoms with E-state index in [0.29, 0.717) is 25.9 Å². The lowest BCUT2D eigenvalue weighted by Crippen LogP contribution is -2.06. The standard InChI is InChI=1S/2C12H16Cl2/c1-12(2,3)7-6-9-4-5-10(13)8-11(9)14;1-12(2,3)7-6-9-4-5-10(13)11(14)8-9/h2*4-5,8H,6-7H2,1-3H3. The summed E-state index contributed by atoms with van der Waals surface area (Å²) in [4.78, 5) is 0. The zero-order valence-corrected chi connectivity index (χ0v) is 20.8. The SMILES string of the molecule is CC(C)(C)CCc1ccc(Cl)c(Cl)c1.CC(C)(C)CCc1ccc(Cl)cc1Cl. The Bertz CT molecular complexity index is 752. The monoisotopic (exact) mass is 460 g/mol. The summed E-state index contributed by atoms with van der Waals surface area (Å²) < 4.78 is 0. The van der Waals surface area contributed by atoms with Gasteiger partial charge in [0.1, 0.15) is 0 Å². The van der Waals surface area contributed by atoms with Gasteiger partial charge in [0.05, 0.1) is 10.0 Å². The number of hydrogen-bond acceptors (Lipinski definition) is 0. The molecule has 2 rings (SSSR count). The van der Waals surface area contributed by atoms with Crippen LogP contribution in [0.4, 0.5) is 0 Å². The van der Waals surface area contributed by atoms with E-state index in [-0.39, 0.29) is 0 Å². The van der Waals surface area contributed by atoms with Crippen molar-refractivity contribution in [2.24, 2.45) is 10.8 Å². The molecule has 28 heavy (non-hydrogen) atoms. The predicted molar refractivity (Wildman–Crippen MR) is 128 cm³/mol. The minimum atomic E-state index is 0.350. The molecule has 0 aromatic heterocycles. The predicted octanol–water partition coefficient (Wildman–Crippen LogP) is 9.94. The second kappa shape index (κ2) is 11.1. The molecule has 0 saturated heterocycles. The van der Waals surface area contributed by atoms with Crippen LogP contribution in [0.5, 0.6) is 0 Å². The van der Waals surface area contributed by atoms with Gasteiger partial charge in [0.2, 0.25) is 0 Å². The topological polar surface area (TPSA) is 0 Å². The van der Waals surface area contributed by atoms with Crippen molar-refractivity contribution in [3.63, 3.8) is 0 Å². The number of rotatable bonds is 4. The summed E-state index contributed by atoms with van der Waals surface area (Å²) in [5.74, 6) is 0.